The Bertz CT molecular complexity index is 360. The molecule has 0 radical (unpaired) electrons. The third-order valence-electron chi connectivity index (χ3n) is 2.17. The van der Waals surface area contributed by atoms with Crippen molar-refractivity contribution in [3.63, 3.8) is 0 Å². The van der Waals surface area contributed by atoms with Crippen molar-refractivity contribution in [1.29, 1.82) is 0 Å². The van der Waals surface area contributed by atoms with Crippen LogP contribution in [0.25, 0.3) is 0 Å². The highest BCUT2D eigenvalue weighted by Crippen LogP contribution is 2.22. The van der Waals surface area contributed by atoms with Gasteiger partial charge in [-0.25, -0.2) is 0 Å². The minimum atomic E-state index is -0.815. The second-order valence-electron chi connectivity index (χ2n) is 4.84. The molecule has 0 heterocycles. The van der Waals surface area contributed by atoms with Gasteiger partial charge in [-0.15, -0.1) is 0 Å². The zero-order valence-electron chi connectivity index (χ0n) is 10.2. The smallest absolute Gasteiger partial charge is 0.310 e. The highest BCUT2D eigenvalue weighted by atomic mass is 16.5. The molecule has 3 nitrogen and oxygen atoms in total. The molecule has 1 N–H and O–H groups in total. The van der Waals surface area contributed by atoms with E-state index in [1.165, 1.54) is 0 Å². The van der Waals surface area contributed by atoms with Crippen molar-refractivity contribution in [1.82, 2.24) is 0 Å². The van der Waals surface area contributed by atoms with Crippen molar-refractivity contribution >= 4 is 5.97 Å². The zero-order chi connectivity index (χ0) is 12.3. The number of rotatable bonds is 3. The molecule has 0 aliphatic carbocycles. The van der Waals surface area contributed by atoms with Crippen LogP contribution in [0.5, 0.6) is 5.75 Å². The predicted octanol–water partition coefficient (Wildman–Crippen LogP) is 3.05. The minimum Gasteiger partial charge on any atom is -0.488 e. The van der Waals surface area contributed by atoms with Gasteiger partial charge in [-0.1, -0.05) is 12.1 Å². The van der Waals surface area contributed by atoms with Crippen LogP contribution in [-0.2, 0) is 4.79 Å². The maximum Gasteiger partial charge on any atom is 0.310 e. The number of hydrogen-bond donors (Lipinski definition) is 1. The van der Waals surface area contributed by atoms with E-state index in [-0.39, 0.29) is 5.60 Å². The van der Waals surface area contributed by atoms with Crippen molar-refractivity contribution in [3.8, 4) is 5.75 Å². The second kappa shape index (κ2) is 4.56. The van der Waals surface area contributed by atoms with Crippen LogP contribution in [0, 0.1) is 0 Å². The molecule has 3 heteroatoms. The van der Waals surface area contributed by atoms with E-state index >= 15 is 0 Å². The molecule has 0 amide bonds. The molecule has 16 heavy (non-hydrogen) atoms. The van der Waals surface area contributed by atoms with Gasteiger partial charge in [-0.3, -0.25) is 4.79 Å². The highest BCUT2D eigenvalue weighted by molar-refractivity contribution is 5.75. The molecule has 1 atom stereocenters. The van der Waals surface area contributed by atoms with Gasteiger partial charge in [-0.2, -0.15) is 0 Å². The van der Waals surface area contributed by atoms with E-state index in [4.69, 9.17) is 9.84 Å². The Hall–Kier alpha value is -1.51. The lowest BCUT2D eigenvalue weighted by atomic mass is 10.0. The maximum absolute atomic E-state index is 10.8. The monoisotopic (exact) mass is 222 g/mol. The van der Waals surface area contributed by atoms with E-state index in [2.05, 4.69) is 0 Å². The molecule has 1 unspecified atom stereocenters. The van der Waals surface area contributed by atoms with Gasteiger partial charge in [0.1, 0.15) is 11.4 Å². The summed E-state index contributed by atoms with van der Waals surface area (Å²) in [6.45, 7) is 7.59. The molecule has 0 saturated heterocycles. The summed E-state index contributed by atoms with van der Waals surface area (Å²) in [5.41, 5.74) is 0.550. The second-order valence-corrected chi connectivity index (χ2v) is 4.84. The SMILES string of the molecule is CC(C(=O)O)c1ccc(OC(C)(C)C)cc1. The van der Waals surface area contributed by atoms with Crippen molar-refractivity contribution in [2.45, 2.75) is 39.2 Å². The van der Waals surface area contributed by atoms with Gasteiger partial charge in [0.2, 0.25) is 0 Å². The van der Waals surface area contributed by atoms with Crippen LogP contribution >= 0.6 is 0 Å². The molecule has 0 bridgehead atoms. The summed E-state index contributed by atoms with van der Waals surface area (Å²) >= 11 is 0. The molecule has 0 aliphatic heterocycles. The third-order valence-corrected chi connectivity index (χ3v) is 2.17. The van der Waals surface area contributed by atoms with E-state index in [9.17, 15) is 4.79 Å². The molecule has 1 rings (SSSR count). The first-order valence-corrected chi connectivity index (χ1v) is 5.31. The van der Waals surface area contributed by atoms with Gasteiger partial charge in [0.25, 0.3) is 0 Å². The fourth-order valence-corrected chi connectivity index (χ4v) is 1.32. The zero-order valence-corrected chi connectivity index (χ0v) is 10.2. The Kier molecular flexibility index (Phi) is 3.58. The standard InChI is InChI=1S/C13H18O3/c1-9(12(14)15)10-5-7-11(8-6-10)16-13(2,3)4/h5-9H,1-4H3,(H,14,15). The summed E-state index contributed by atoms with van der Waals surface area (Å²) in [6, 6.07) is 7.19. The van der Waals surface area contributed by atoms with Gasteiger partial charge in [0.15, 0.2) is 0 Å². The first-order valence-electron chi connectivity index (χ1n) is 5.31. The van der Waals surface area contributed by atoms with Crippen molar-refractivity contribution in [2.24, 2.45) is 0 Å². The van der Waals surface area contributed by atoms with E-state index in [1.807, 2.05) is 20.8 Å². The molecule has 0 spiro atoms. The van der Waals surface area contributed by atoms with Crippen LogP contribution in [0.4, 0.5) is 0 Å². The number of carboxylic acid groups (broad SMARTS) is 1. The number of carbonyl (C=O) groups is 1. The van der Waals surface area contributed by atoms with Crippen molar-refractivity contribution in [3.05, 3.63) is 29.8 Å². The molecule has 1 aromatic rings. The Balaban J connectivity index is 2.79. The van der Waals surface area contributed by atoms with Crippen LogP contribution in [0.1, 0.15) is 39.2 Å². The van der Waals surface area contributed by atoms with Gasteiger partial charge < -0.3 is 9.84 Å². The van der Waals surface area contributed by atoms with Crippen LogP contribution in [0.2, 0.25) is 0 Å². The molecule has 0 aliphatic rings. The van der Waals surface area contributed by atoms with E-state index in [1.54, 1.807) is 31.2 Å². The largest absolute Gasteiger partial charge is 0.488 e. The highest BCUT2D eigenvalue weighted by Gasteiger charge is 2.15. The summed E-state index contributed by atoms with van der Waals surface area (Å²) in [4.78, 5) is 10.8. The number of hydrogen-bond acceptors (Lipinski definition) is 2. The third kappa shape index (κ3) is 3.57. The Morgan fingerprint density at radius 3 is 2.12 bits per heavy atom. The average Bonchev–Trinajstić information content (AvgIpc) is 2.15. The first kappa shape index (κ1) is 12.6. The minimum absolute atomic E-state index is 0.236. The average molecular weight is 222 g/mol. The Labute approximate surface area is 96.1 Å². The van der Waals surface area contributed by atoms with E-state index in [0.717, 1.165) is 11.3 Å². The molecular formula is C13H18O3. The normalized spacial score (nSPS) is 13.2. The van der Waals surface area contributed by atoms with Crippen molar-refractivity contribution in [2.75, 3.05) is 0 Å². The molecule has 1 aromatic carbocycles. The maximum atomic E-state index is 10.8. The topological polar surface area (TPSA) is 46.5 Å². The van der Waals surface area contributed by atoms with E-state index < -0.39 is 11.9 Å². The van der Waals surface area contributed by atoms with Crippen molar-refractivity contribution < 1.29 is 14.6 Å². The number of aliphatic carboxylic acids is 1. The summed E-state index contributed by atoms with van der Waals surface area (Å²) in [5.74, 6) is -0.540. The molecule has 0 fully saturated rings. The van der Waals surface area contributed by atoms with Crippen LogP contribution in [0.15, 0.2) is 24.3 Å². The lowest BCUT2D eigenvalue weighted by Crippen LogP contribution is -2.22. The van der Waals surface area contributed by atoms with Gasteiger partial charge >= 0.3 is 5.97 Å². The summed E-state index contributed by atoms with van der Waals surface area (Å²) in [7, 11) is 0. The Morgan fingerprint density at radius 1 is 1.25 bits per heavy atom. The quantitative estimate of drug-likeness (QED) is 0.855. The fraction of sp³-hybridized carbons (Fsp3) is 0.462. The molecule has 0 aromatic heterocycles. The summed E-state index contributed by atoms with van der Waals surface area (Å²) in [6.07, 6.45) is 0. The molecule has 0 saturated carbocycles. The lowest BCUT2D eigenvalue weighted by Gasteiger charge is -2.21. The van der Waals surface area contributed by atoms with Crippen LogP contribution in [-0.4, -0.2) is 16.7 Å². The number of ether oxygens (including phenoxy) is 1. The fourth-order valence-electron chi connectivity index (χ4n) is 1.32. The van der Waals surface area contributed by atoms with Gasteiger partial charge in [0.05, 0.1) is 5.92 Å². The predicted molar refractivity (Wildman–Crippen MR) is 62.9 cm³/mol. The molecule has 88 valence electrons. The molecular weight excluding hydrogens is 204 g/mol. The number of benzene rings is 1. The number of carboxylic acids is 1. The van der Waals surface area contributed by atoms with Crippen LogP contribution in [0.3, 0.4) is 0 Å². The van der Waals surface area contributed by atoms with Gasteiger partial charge in [-0.05, 0) is 45.4 Å². The Morgan fingerprint density at radius 2 is 1.75 bits per heavy atom. The van der Waals surface area contributed by atoms with Gasteiger partial charge in [0, 0.05) is 0 Å². The first-order chi connectivity index (χ1) is 7.29. The summed E-state index contributed by atoms with van der Waals surface area (Å²) < 4.78 is 5.65. The van der Waals surface area contributed by atoms with E-state index in [0.29, 0.717) is 0 Å². The lowest BCUT2D eigenvalue weighted by molar-refractivity contribution is -0.138. The van der Waals surface area contributed by atoms with Crippen LogP contribution < -0.4 is 4.74 Å². The summed E-state index contributed by atoms with van der Waals surface area (Å²) in [5, 5.41) is 8.86.